The van der Waals surface area contributed by atoms with Gasteiger partial charge in [-0.3, -0.25) is 0 Å². The monoisotopic (exact) mass is 245 g/mol. The Morgan fingerprint density at radius 1 is 1.33 bits per heavy atom. The van der Waals surface area contributed by atoms with Crippen molar-refractivity contribution in [1.82, 2.24) is 9.55 Å². The van der Waals surface area contributed by atoms with E-state index >= 15 is 0 Å². The highest BCUT2D eigenvalue weighted by Gasteiger charge is 2.18. The summed E-state index contributed by atoms with van der Waals surface area (Å²) in [4.78, 5) is 4.66. The van der Waals surface area contributed by atoms with E-state index in [4.69, 9.17) is 10.5 Å². The Labute approximate surface area is 107 Å². The van der Waals surface area contributed by atoms with Crippen molar-refractivity contribution in [1.29, 1.82) is 0 Å². The largest absolute Gasteiger partial charge is 0.384 e. The van der Waals surface area contributed by atoms with Crippen molar-refractivity contribution in [2.24, 2.45) is 7.05 Å². The number of hydrogen-bond acceptors (Lipinski definition) is 3. The number of aromatic nitrogens is 2. The van der Waals surface area contributed by atoms with E-state index < -0.39 is 0 Å². The molecule has 1 aromatic carbocycles. The van der Waals surface area contributed by atoms with E-state index in [2.05, 4.69) is 11.9 Å². The van der Waals surface area contributed by atoms with Gasteiger partial charge in [-0.25, -0.2) is 4.98 Å². The minimum absolute atomic E-state index is 0.193. The van der Waals surface area contributed by atoms with Gasteiger partial charge in [0.1, 0.15) is 11.6 Å². The maximum Gasteiger partial charge on any atom is 0.141 e. The molecule has 0 radical (unpaired) electrons. The molecule has 0 amide bonds. The number of ether oxygens (including phenoxy) is 1. The summed E-state index contributed by atoms with van der Waals surface area (Å²) in [5, 5.41) is 0. The van der Waals surface area contributed by atoms with Crippen molar-refractivity contribution in [3.05, 3.63) is 36.0 Å². The van der Waals surface area contributed by atoms with Crippen LogP contribution in [0.5, 0.6) is 0 Å². The van der Waals surface area contributed by atoms with Gasteiger partial charge in [-0.15, -0.1) is 0 Å². The van der Waals surface area contributed by atoms with Gasteiger partial charge in [0.05, 0.1) is 12.3 Å². The number of nitrogens with zero attached hydrogens (tertiary/aromatic N) is 2. The van der Waals surface area contributed by atoms with Gasteiger partial charge in [0.2, 0.25) is 0 Å². The number of nitrogens with two attached hydrogens (primary N) is 1. The number of benzene rings is 1. The average Bonchev–Trinajstić information content (AvgIpc) is 2.68. The van der Waals surface area contributed by atoms with Crippen molar-refractivity contribution < 1.29 is 4.74 Å². The molecule has 0 bridgehead atoms. The summed E-state index contributed by atoms with van der Waals surface area (Å²) in [7, 11) is 3.63. The Hall–Kier alpha value is -1.81. The summed E-state index contributed by atoms with van der Waals surface area (Å²) >= 11 is 0. The second-order valence-electron chi connectivity index (χ2n) is 4.49. The summed E-state index contributed by atoms with van der Waals surface area (Å²) in [6.45, 7) is 2.69. The minimum atomic E-state index is 0.193. The topological polar surface area (TPSA) is 53.1 Å². The van der Waals surface area contributed by atoms with Crippen LogP contribution in [0.4, 0.5) is 5.82 Å². The summed E-state index contributed by atoms with van der Waals surface area (Å²) in [5.41, 5.74) is 8.09. The number of rotatable bonds is 4. The molecule has 0 aliphatic rings. The van der Waals surface area contributed by atoms with Crippen LogP contribution >= 0.6 is 0 Å². The summed E-state index contributed by atoms with van der Waals surface area (Å²) in [6, 6.07) is 10.1. The molecule has 4 heteroatoms. The lowest BCUT2D eigenvalue weighted by atomic mass is 10.1. The molecule has 0 spiro atoms. The average molecular weight is 245 g/mol. The zero-order valence-corrected chi connectivity index (χ0v) is 11.1. The molecule has 96 valence electrons. The van der Waals surface area contributed by atoms with Crippen LogP contribution in [-0.2, 0) is 11.8 Å². The molecule has 18 heavy (non-hydrogen) atoms. The fourth-order valence-corrected chi connectivity index (χ4v) is 2.07. The molecule has 0 aliphatic carbocycles. The molecule has 2 N–H and O–H groups in total. The number of imidazole rings is 1. The fraction of sp³-hybridized carbons (Fsp3) is 0.357. The van der Waals surface area contributed by atoms with Crippen molar-refractivity contribution >= 4 is 5.82 Å². The maximum atomic E-state index is 6.12. The van der Waals surface area contributed by atoms with E-state index in [9.17, 15) is 0 Å². The number of hydrogen-bond donors (Lipinski definition) is 1. The Balaban J connectivity index is 2.43. The first-order valence-electron chi connectivity index (χ1n) is 6.01. The van der Waals surface area contributed by atoms with Crippen LogP contribution in [0, 0.1) is 0 Å². The molecule has 1 aromatic heterocycles. The Bertz CT molecular complexity index is 519. The summed E-state index contributed by atoms with van der Waals surface area (Å²) < 4.78 is 7.09. The maximum absolute atomic E-state index is 6.12. The Kier molecular flexibility index (Phi) is 3.67. The second kappa shape index (κ2) is 5.23. The molecule has 2 rings (SSSR count). The van der Waals surface area contributed by atoms with Gasteiger partial charge in [-0.2, -0.15) is 0 Å². The minimum Gasteiger partial charge on any atom is -0.384 e. The zero-order chi connectivity index (χ0) is 13.1. The molecule has 0 saturated carbocycles. The molecule has 4 nitrogen and oxygen atoms in total. The first-order chi connectivity index (χ1) is 8.65. The van der Waals surface area contributed by atoms with Crippen LogP contribution in [0.2, 0.25) is 0 Å². The van der Waals surface area contributed by atoms with E-state index in [1.807, 2.05) is 41.9 Å². The number of nitrogen functional groups attached to an aromatic ring is 1. The van der Waals surface area contributed by atoms with Crippen LogP contribution in [0.25, 0.3) is 11.4 Å². The highest BCUT2D eigenvalue weighted by Crippen LogP contribution is 2.27. The standard InChI is InChI=1S/C14H19N3O/c1-10(9-18-3)12-13(15)17(2)14(16-12)11-7-5-4-6-8-11/h4-8,10H,9,15H2,1-3H3. The Morgan fingerprint density at radius 3 is 2.61 bits per heavy atom. The van der Waals surface area contributed by atoms with Crippen LogP contribution in [0.3, 0.4) is 0 Å². The predicted molar refractivity (Wildman–Crippen MR) is 73.3 cm³/mol. The molecular formula is C14H19N3O. The molecule has 1 atom stereocenters. The zero-order valence-electron chi connectivity index (χ0n) is 11.1. The third-order valence-corrected chi connectivity index (χ3v) is 3.08. The van der Waals surface area contributed by atoms with Crippen LogP contribution in [-0.4, -0.2) is 23.3 Å². The number of anilines is 1. The molecule has 0 saturated heterocycles. The molecule has 1 unspecified atom stereocenters. The van der Waals surface area contributed by atoms with Crippen molar-refractivity contribution in [3.63, 3.8) is 0 Å². The van der Waals surface area contributed by atoms with Gasteiger partial charge in [0.25, 0.3) is 0 Å². The van der Waals surface area contributed by atoms with Gasteiger partial charge in [0.15, 0.2) is 0 Å². The third kappa shape index (κ3) is 2.24. The van der Waals surface area contributed by atoms with E-state index in [1.54, 1.807) is 7.11 Å². The van der Waals surface area contributed by atoms with E-state index in [-0.39, 0.29) is 5.92 Å². The van der Waals surface area contributed by atoms with Gasteiger partial charge in [0, 0.05) is 25.6 Å². The lowest BCUT2D eigenvalue weighted by Gasteiger charge is -2.07. The second-order valence-corrected chi connectivity index (χ2v) is 4.49. The highest BCUT2D eigenvalue weighted by atomic mass is 16.5. The highest BCUT2D eigenvalue weighted by molar-refractivity contribution is 5.60. The molecule has 2 aromatic rings. The quantitative estimate of drug-likeness (QED) is 0.900. The summed E-state index contributed by atoms with van der Waals surface area (Å²) in [5.74, 6) is 1.79. The molecule has 1 heterocycles. The SMILES string of the molecule is COCC(C)c1nc(-c2ccccc2)n(C)c1N. The smallest absolute Gasteiger partial charge is 0.141 e. The Morgan fingerprint density at radius 2 is 2.00 bits per heavy atom. The predicted octanol–water partition coefficient (Wildman–Crippen LogP) is 2.42. The van der Waals surface area contributed by atoms with Crippen LogP contribution in [0.15, 0.2) is 30.3 Å². The van der Waals surface area contributed by atoms with Crippen molar-refractivity contribution in [2.45, 2.75) is 12.8 Å². The van der Waals surface area contributed by atoms with Crippen LogP contribution < -0.4 is 5.73 Å². The van der Waals surface area contributed by atoms with E-state index in [0.29, 0.717) is 12.4 Å². The van der Waals surface area contributed by atoms with Gasteiger partial charge in [-0.1, -0.05) is 37.3 Å². The van der Waals surface area contributed by atoms with Gasteiger partial charge >= 0.3 is 0 Å². The lowest BCUT2D eigenvalue weighted by Crippen LogP contribution is -2.06. The lowest BCUT2D eigenvalue weighted by molar-refractivity contribution is 0.183. The van der Waals surface area contributed by atoms with E-state index in [1.165, 1.54) is 0 Å². The normalized spacial score (nSPS) is 12.6. The van der Waals surface area contributed by atoms with Gasteiger partial charge in [-0.05, 0) is 0 Å². The third-order valence-electron chi connectivity index (χ3n) is 3.08. The fourth-order valence-electron chi connectivity index (χ4n) is 2.07. The first kappa shape index (κ1) is 12.6. The first-order valence-corrected chi connectivity index (χ1v) is 6.01. The van der Waals surface area contributed by atoms with Crippen molar-refractivity contribution in [2.75, 3.05) is 19.5 Å². The molecule has 0 aliphatic heterocycles. The number of methoxy groups -OCH3 is 1. The van der Waals surface area contributed by atoms with Crippen molar-refractivity contribution in [3.8, 4) is 11.4 Å². The van der Waals surface area contributed by atoms with Gasteiger partial charge < -0.3 is 15.0 Å². The summed E-state index contributed by atoms with van der Waals surface area (Å²) in [6.07, 6.45) is 0. The van der Waals surface area contributed by atoms with Crippen LogP contribution in [0.1, 0.15) is 18.5 Å². The van der Waals surface area contributed by atoms with E-state index in [0.717, 1.165) is 17.1 Å². The molecule has 0 fully saturated rings. The molecular weight excluding hydrogens is 226 g/mol.